The summed E-state index contributed by atoms with van der Waals surface area (Å²) in [7, 11) is 0. The quantitative estimate of drug-likeness (QED) is 0.417. The summed E-state index contributed by atoms with van der Waals surface area (Å²) >= 11 is 20.1. The second kappa shape index (κ2) is 5.73. The average molecular weight is 609 g/mol. The maximum atomic E-state index is 4.27. The zero-order valence-electron chi connectivity index (χ0n) is 7.39. The van der Waals surface area contributed by atoms with Crippen LogP contribution in [0.15, 0.2) is 6.58 Å². The maximum Gasteiger partial charge on any atom is 0.194 e. The SMILES string of the molecule is C=Cc1nc(C(Br)(Br)Br)nc(C(Br)(Br)Br)n1. The van der Waals surface area contributed by atoms with Crippen molar-refractivity contribution in [3.8, 4) is 0 Å². The highest BCUT2D eigenvalue weighted by atomic mass is 80.0. The molecule has 0 fully saturated rings. The molecule has 1 aromatic rings. The van der Waals surface area contributed by atoms with Crippen LogP contribution in [0.2, 0.25) is 0 Å². The summed E-state index contributed by atoms with van der Waals surface area (Å²) in [5, 5.41) is 0. The molecule has 0 amide bonds. The van der Waals surface area contributed by atoms with Gasteiger partial charge in [0.25, 0.3) is 0 Å². The van der Waals surface area contributed by atoms with Crippen molar-refractivity contribution in [1.29, 1.82) is 0 Å². The highest BCUT2D eigenvalue weighted by molar-refractivity contribution is 9.39. The van der Waals surface area contributed by atoms with Crippen LogP contribution in [0.3, 0.4) is 0 Å². The van der Waals surface area contributed by atoms with Gasteiger partial charge in [-0.15, -0.1) is 0 Å². The Bertz CT molecular complexity index is 375. The highest BCUT2D eigenvalue weighted by Crippen LogP contribution is 2.45. The predicted molar refractivity (Wildman–Crippen MR) is 86.8 cm³/mol. The van der Waals surface area contributed by atoms with Gasteiger partial charge in [-0.1, -0.05) is 102 Å². The first kappa shape index (κ1) is 15.7. The molecule has 0 aliphatic heterocycles. The van der Waals surface area contributed by atoms with Gasteiger partial charge in [0.15, 0.2) is 21.8 Å². The van der Waals surface area contributed by atoms with Crippen LogP contribution in [0.4, 0.5) is 0 Å². The molecule has 88 valence electrons. The van der Waals surface area contributed by atoms with Gasteiger partial charge in [0.05, 0.1) is 0 Å². The van der Waals surface area contributed by atoms with Gasteiger partial charge in [0.2, 0.25) is 0 Å². The molecular formula is C7H3Br6N3. The van der Waals surface area contributed by atoms with Crippen molar-refractivity contribution in [2.75, 3.05) is 0 Å². The summed E-state index contributed by atoms with van der Waals surface area (Å²) in [5.74, 6) is 1.44. The number of halogens is 6. The lowest BCUT2D eigenvalue weighted by atomic mass is 10.5. The van der Waals surface area contributed by atoms with Gasteiger partial charge in [-0.05, 0) is 6.08 Å². The normalized spacial score (nSPS) is 12.6. The molecule has 0 unspecified atom stereocenters. The fourth-order valence-electron chi connectivity index (χ4n) is 0.737. The smallest absolute Gasteiger partial charge is 0.194 e. The minimum absolute atomic E-state index is 0.477. The van der Waals surface area contributed by atoms with Gasteiger partial charge in [-0.25, -0.2) is 15.0 Å². The van der Waals surface area contributed by atoms with E-state index in [0.717, 1.165) is 0 Å². The molecule has 9 heteroatoms. The lowest BCUT2D eigenvalue weighted by Gasteiger charge is -2.15. The molecule has 16 heavy (non-hydrogen) atoms. The average Bonchev–Trinajstić information content (AvgIpc) is 2.14. The lowest BCUT2D eigenvalue weighted by Crippen LogP contribution is -2.15. The van der Waals surface area contributed by atoms with E-state index in [0.29, 0.717) is 17.5 Å². The Morgan fingerprint density at radius 3 is 1.44 bits per heavy atom. The molecule has 0 aromatic carbocycles. The van der Waals surface area contributed by atoms with Gasteiger partial charge >= 0.3 is 0 Å². The summed E-state index contributed by atoms with van der Waals surface area (Å²) in [6.07, 6.45) is 1.55. The van der Waals surface area contributed by atoms with Crippen molar-refractivity contribution >= 4 is 102 Å². The van der Waals surface area contributed by atoms with E-state index < -0.39 is 4.29 Å². The van der Waals surface area contributed by atoms with Gasteiger partial charge in [0, 0.05) is 0 Å². The van der Waals surface area contributed by atoms with E-state index in [-0.39, 0.29) is 0 Å². The van der Waals surface area contributed by atoms with Gasteiger partial charge in [-0.2, -0.15) is 0 Å². The zero-order chi connectivity index (χ0) is 12.6. The standard InChI is InChI=1S/C7H3Br6N3/c1-2-3-14-4(6(8,9)10)16-5(15-3)7(11,12)13/h2H,1H2. The van der Waals surface area contributed by atoms with Crippen LogP contribution in [0.1, 0.15) is 17.5 Å². The number of alkyl halides is 6. The summed E-state index contributed by atoms with van der Waals surface area (Å²) < 4.78 is -1.39. The van der Waals surface area contributed by atoms with E-state index in [1.807, 2.05) is 0 Å². The second-order valence-corrected chi connectivity index (χ2v) is 16.1. The van der Waals surface area contributed by atoms with Crippen LogP contribution in [0.5, 0.6) is 0 Å². The van der Waals surface area contributed by atoms with Crippen molar-refractivity contribution in [3.63, 3.8) is 0 Å². The van der Waals surface area contributed by atoms with E-state index in [2.05, 4.69) is 117 Å². The Labute approximate surface area is 143 Å². The molecule has 0 saturated heterocycles. The van der Waals surface area contributed by atoms with E-state index in [4.69, 9.17) is 0 Å². The third-order valence-electron chi connectivity index (χ3n) is 1.34. The largest absolute Gasteiger partial charge is 0.211 e. The Morgan fingerprint density at radius 1 is 0.812 bits per heavy atom. The fraction of sp³-hybridized carbons (Fsp3) is 0.286. The third kappa shape index (κ3) is 4.38. The van der Waals surface area contributed by atoms with Crippen LogP contribution < -0.4 is 0 Å². The molecule has 0 bridgehead atoms. The van der Waals surface area contributed by atoms with E-state index in [1.165, 1.54) is 0 Å². The predicted octanol–water partition coefficient (Wildman–Crippen LogP) is 5.10. The number of hydrogen-bond acceptors (Lipinski definition) is 3. The first-order valence-electron chi connectivity index (χ1n) is 3.67. The molecule has 0 spiro atoms. The van der Waals surface area contributed by atoms with Crippen molar-refractivity contribution in [1.82, 2.24) is 15.0 Å². The maximum absolute atomic E-state index is 4.27. The van der Waals surface area contributed by atoms with Gasteiger partial charge in [0.1, 0.15) is 0 Å². The molecule has 0 radical (unpaired) electrons. The van der Waals surface area contributed by atoms with Crippen LogP contribution in [0.25, 0.3) is 6.08 Å². The third-order valence-corrected chi connectivity index (χ3v) is 3.47. The second-order valence-electron chi connectivity index (χ2n) is 2.54. The van der Waals surface area contributed by atoms with E-state index in [1.54, 1.807) is 6.08 Å². The molecule has 3 nitrogen and oxygen atoms in total. The van der Waals surface area contributed by atoms with Crippen molar-refractivity contribution in [2.45, 2.75) is 4.29 Å². The summed E-state index contributed by atoms with van der Waals surface area (Å²) in [5.41, 5.74) is 0. The number of hydrogen-bond donors (Lipinski definition) is 0. The lowest BCUT2D eigenvalue weighted by molar-refractivity contribution is 0.874. The zero-order valence-corrected chi connectivity index (χ0v) is 16.9. The molecule has 0 saturated carbocycles. The van der Waals surface area contributed by atoms with Crippen molar-refractivity contribution in [2.24, 2.45) is 0 Å². The Hall–Kier alpha value is 1.63. The van der Waals surface area contributed by atoms with Crippen LogP contribution >= 0.6 is 95.6 Å². The Kier molecular flexibility index (Phi) is 5.62. The number of rotatable bonds is 1. The van der Waals surface area contributed by atoms with E-state index in [9.17, 15) is 0 Å². The first-order chi connectivity index (χ1) is 7.14. The van der Waals surface area contributed by atoms with E-state index >= 15 is 0 Å². The molecule has 1 aromatic heterocycles. The van der Waals surface area contributed by atoms with Gasteiger partial charge < -0.3 is 0 Å². The monoisotopic (exact) mass is 603 g/mol. The van der Waals surface area contributed by atoms with Crippen molar-refractivity contribution in [3.05, 3.63) is 24.1 Å². The highest BCUT2D eigenvalue weighted by Gasteiger charge is 2.31. The molecular weight excluding hydrogens is 606 g/mol. The molecule has 0 aliphatic rings. The topological polar surface area (TPSA) is 38.7 Å². The first-order valence-corrected chi connectivity index (χ1v) is 8.43. The van der Waals surface area contributed by atoms with Gasteiger partial charge in [-0.3, -0.25) is 0 Å². The molecule has 0 atom stereocenters. The van der Waals surface area contributed by atoms with Crippen LogP contribution in [0, 0.1) is 0 Å². The molecule has 0 N–H and O–H groups in total. The number of nitrogens with zero attached hydrogens (tertiary/aromatic N) is 3. The molecule has 1 rings (SSSR count). The van der Waals surface area contributed by atoms with Crippen molar-refractivity contribution < 1.29 is 0 Å². The number of aromatic nitrogens is 3. The van der Waals surface area contributed by atoms with Crippen LogP contribution in [-0.4, -0.2) is 15.0 Å². The summed E-state index contributed by atoms with van der Waals surface area (Å²) in [4.78, 5) is 12.7. The Balaban J connectivity index is 3.39. The fourth-order valence-corrected chi connectivity index (χ4v) is 1.80. The molecule has 1 heterocycles. The summed E-state index contributed by atoms with van der Waals surface area (Å²) in [6.45, 7) is 3.63. The molecule has 0 aliphatic carbocycles. The minimum atomic E-state index is -0.694. The minimum Gasteiger partial charge on any atom is -0.211 e. The van der Waals surface area contributed by atoms with Crippen LogP contribution in [-0.2, 0) is 4.29 Å². The summed E-state index contributed by atoms with van der Waals surface area (Å²) in [6, 6.07) is 0. The Morgan fingerprint density at radius 2 is 1.19 bits per heavy atom.